The molecular formula is C12H23ClN2O. The van der Waals surface area contributed by atoms with E-state index in [2.05, 4.69) is 10.2 Å². The molecule has 1 heterocycles. The number of likely N-dealkylation sites (tertiary alicyclic amines) is 1. The molecule has 1 rings (SSSR count). The molecule has 0 atom stereocenters. The van der Waals surface area contributed by atoms with Crippen LogP contribution in [0.1, 0.15) is 12.8 Å². The van der Waals surface area contributed by atoms with E-state index in [4.69, 9.17) is 16.3 Å². The molecule has 1 aliphatic heterocycles. The van der Waals surface area contributed by atoms with E-state index in [1.54, 1.807) is 12.6 Å². The van der Waals surface area contributed by atoms with Crippen molar-refractivity contribution in [1.29, 1.82) is 0 Å². The Morgan fingerprint density at radius 2 is 2.19 bits per heavy atom. The summed E-state index contributed by atoms with van der Waals surface area (Å²) in [7, 11) is 1.74. The van der Waals surface area contributed by atoms with Crippen molar-refractivity contribution in [2.24, 2.45) is 5.92 Å². The molecule has 3 nitrogen and oxygen atoms in total. The fourth-order valence-electron chi connectivity index (χ4n) is 2.04. The number of nitrogens with one attached hydrogen (secondary N) is 1. The van der Waals surface area contributed by atoms with Crippen molar-refractivity contribution < 1.29 is 4.74 Å². The van der Waals surface area contributed by atoms with Gasteiger partial charge in [-0.25, -0.2) is 0 Å². The second-order valence-electron chi connectivity index (χ2n) is 4.30. The van der Waals surface area contributed by atoms with Gasteiger partial charge < -0.3 is 10.1 Å². The highest BCUT2D eigenvalue weighted by atomic mass is 35.5. The highest BCUT2D eigenvalue weighted by Crippen LogP contribution is 2.15. The number of halogens is 1. The Balaban J connectivity index is 2.03. The van der Waals surface area contributed by atoms with Gasteiger partial charge in [-0.1, -0.05) is 17.7 Å². The number of methoxy groups -OCH3 is 1. The maximum Gasteiger partial charge on any atom is 0.0587 e. The van der Waals surface area contributed by atoms with E-state index in [1.165, 1.54) is 25.9 Å². The minimum absolute atomic E-state index is 0.805. The number of hydrogen-bond acceptors (Lipinski definition) is 3. The Morgan fingerprint density at radius 3 is 2.81 bits per heavy atom. The summed E-state index contributed by atoms with van der Waals surface area (Å²) in [4.78, 5) is 2.45. The fraction of sp³-hybridized carbons (Fsp3) is 0.833. The molecule has 94 valence electrons. The Labute approximate surface area is 104 Å². The van der Waals surface area contributed by atoms with Gasteiger partial charge in [-0.15, -0.1) is 0 Å². The van der Waals surface area contributed by atoms with E-state index in [9.17, 15) is 0 Å². The fourth-order valence-corrected chi connectivity index (χ4v) is 2.12. The Hall–Kier alpha value is -0.0900. The molecule has 1 fully saturated rings. The topological polar surface area (TPSA) is 24.5 Å². The Bertz CT molecular complexity index is 191. The number of ether oxygens (including phenoxy) is 1. The number of piperidine rings is 1. The summed E-state index contributed by atoms with van der Waals surface area (Å²) >= 11 is 5.52. The van der Waals surface area contributed by atoms with Gasteiger partial charge in [0.05, 0.1) is 6.61 Å². The van der Waals surface area contributed by atoms with Crippen molar-refractivity contribution in [2.45, 2.75) is 12.8 Å². The zero-order valence-electron chi connectivity index (χ0n) is 10.1. The van der Waals surface area contributed by atoms with Crippen LogP contribution in [0.4, 0.5) is 0 Å². The molecule has 0 amide bonds. The summed E-state index contributed by atoms with van der Waals surface area (Å²) in [5.41, 5.74) is 1.61. The molecule has 0 aromatic carbocycles. The van der Waals surface area contributed by atoms with E-state index in [0.29, 0.717) is 0 Å². The number of rotatable bonds is 7. The van der Waals surface area contributed by atoms with Crippen molar-refractivity contribution in [2.75, 3.05) is 46.4 Å². The zero-order chi connectivity index (χ0) is 11.6. The first-order valence-electron chi connectivity index (χ1n) is 6.04. The standard InChI is InChI=1S/C12H23ClN2O/c1-16-10-6-14-11-12-3-8-15(9-4-12)7-2-5-13/h2,5,12,14H,3-4,6-11H2,1H3. The second kappa shape index (κ2) is 8.99. The molecule has 0 aliphatic carbocycles. The molecule has 0 unspecified atom stereocenters. The molecule has 0 bridgehead atoms. The van der Waals surface area contributed by atoms with Gasteiger partial charge in [0.25, 0.3) is 0 Å². The predicted molar refractivity (Wildman–Crippen MR) is 68.9 cm³/mol. The van der Waals surface area contributed by atoms with Crippen molar-refractivity contribution in [3.05, 3.63) is 11.6 Å². The number of hydrogen-bond donors (Lipinski definition) is 1. The van der Waals surface area contributed by atoms with Crippen molar-refractivity contribution in [3.63, 3.8) is 0 Å². The third-order valence-corrected chi connectivity index (χ3v) is 3.25. The molecule has 1 N–H and O–H groups in total. The van der Waals surface area contributed by atoms with Crippen LogP contribution < -0.4 is 5.32 Å². The summed E-state index contributed by atoms with van der Waals surface area (Å²) in [6.07, 6.45) is 4.59. The average molecular weight is 247 g/mol. The van der Waals surface area contributed by atoms with Gasteiger partial charge in [-0.05, 0) is 38.4 Å². The minimum Gasteiger partial charge on any atom is -0.383 e. The first-order valence-corrected chi connectivity index (χ1v) is 6.47. The summed E-state index contributed by atoms with van der Waals surface area (Å²) < 4.78 is 5.00. The zero-order valence-corrected chi connectivity index (χ0v) is 10.9. The molecule has 0 radical (unpaired) electrons. The van der Waals surface area contributed by atoms with Crippen LogP contribution in [-0.4, -0.2) is 51.3 Å². The molecule has 0 saturated carbocycles. The molecule has 1 saturated heterocycles. The van der Waals surface area contributed by atoms with E-state index in [0.717, 1.165) is 32.2 Å². The third-order valence-electron chi connectivity index (χ3n) is 3.08. The van der Waals surface area contributed by atoms with Crippen LogP contribution >= 0.6 is 11.6 Å². The lowest BCUT2D eigenvalue weighted by Gasteiger charge is -2.31. The van der Waals surface area contributed by atoms with Gasteiger partial charge in [-0.3, -0.25) is 4.90 Å². The lowest BCUT2D eigenvalue weighted by Crippen LogP contribution is -2.37. The molecule has 0 aromatic rings. The second-order valence-corrected chi connectivity index (χ2v) is 4.55. The summed E-state index contributed by atoms with van der Waals surface area (Å²) in [5.74, 6) is 0.827. The van der Waals surface area contributed by atoms with Gasteiger partial charge in [-0.2, -0.15) is 0 Å². The van der Waals surface area contributed by atoms with Crippen LogP contribution in [0.25, 0.3) is 0 Å². The van der Waals surface area contributed by atoms with E-state index >= 15 is 0 Å². The Kier molecular flexibility index (Phi) is 7.85. The van der Waals surface area contributed by atoms with Crippen LogP contribution in [-0.2, 0) is 4.74 Å². The quantitative estimate of drug-likeness (QED) is 0.692. The van der Waals surface area contributed by atoms with Gasteiger partial charge >= 0.3 is 0 Å². The summed E-state index contributed by atoms with van der Waals surface area (Å²) in [6, 6.07) is 0. The molecule has 0 spiro atoms. The monoisotopic (exact) mass is 246 g/mol. The average Bonchev–Trinajstić information content (AvgIpc) is 2.33. The van der Waals surface area contributed by atoms with E-state index in [1.807, 2.05) is 6.08 Å². The molecular weight excluding hydrogens is 224 g/mol. The van der Waals surface area contributed by atoms with E-state index < -0.39 is 0 Å². The highest BCUT2D eigenvalue weighted by molar-refractivity contribution is 6.25. The van der Waals surface area contributed by atoms with Crippen molar-refractivity contribution >= 4 is 11.6 Å². The van der Waals surface area contributed by atoms with Gasteiger partial charge in [0, 0.05) is 25.7 Å². The maximum atomic E-state index is 5.52. The molecule has 16 heavy (non-hydrogen) atoms. The van der Waals surface area contributed by atoms with Crippen molar-refractivity contribution in [1.82, 2.24) is 10.2 Å². The van der Waals surface area contributed by atoms with Gasteiger partial charge in [0.15, 0.2) is 0 Å². The minimum atomic E-state index is 0.805. The van der Waals surface area contributed by atoms with Gasteiger partial charge in [0.2, 0.25) is 0 Å². The van der Waals surface area contributed by atoms with Crippen molar-refractivity contribution in [3.8, 4) is 0 Å². The highest BCUT2D eigenvalue weighted by Gasteiger charge is 2.17. The maximum absolute atomic E-state index is 5.52. The van der Waals surface area contributed by atoms with Gasteiger partial charge in [0.1, 0.15) is 0 Å². The normalized spacial score (nSPS) is 19.6. The molecule has 4 heteroatoms. The van der Waals surface area contributed by atoms with Crippen LogP contribution in [0, 0.1) is 5.92 Å². The first-order chi connectivity index (χ1) is 7.86. The lowest BCUT2D eigenvalue weighted by molar-refractivity contribution is 0.182. The molecule has 0 aromatic heterocycles. The van der Waals surface area contributed by atoms with Crippen LogP contribution in [0.3, 0.4) is 0 Å². The van der Waals surface area contributed by atoms with Crippen LogP contribution in [0.2, 0.25) is 0 Å². The molecule has 1 aliphatic rings. The van der Waals surface area contributed by atoms with E-state index in [-0.39, 0.29) is 0 Å². The third kappa shape index (κ3) is 5.85. The summed E-state index contributed by atoms with van der Waals surface area (Å²) in [5, 5.41) is 3.44. The lowest BCUT2D eigenvalue weighted by atomic mass is 9.97. The number of nitrogens with zero attached hydrogens (tertiary/aromatic N) is 1. The summed E-state index contributed by atoms with van der Waals surface area (Å²) in [6.45, 7) is 6.27. The first kappa shape index (κ1) is 14.0. The largest absolute Gasteiger partial charge is 0.383 e. The van der Waals surface area contributed by atoms with Crippen LogP contribution in [0.5, 0.6) is 0 Å². The predicted octanol–water partition coefficient (Wildman–Crippen LogP) is 1.69. The van der Waals surface area contributed by atoms with Crippen LogP contribution in [0.15, 0.2) is 11.6 Å². The smallest absolute Gasteiger partial charge is 0.0587 e. The Morgan fingerprint density at radius 1 is 1.44 bits per heavy atom. The SMILES string of the molecule is COCCNCC1CCN(CC=CCl)CC1.